The molecule has 124 valence electrons. The van der Waals surface area contributed by atoms with E-state index in [0.29, 0.717) is 16.7 Å². The van der Waals surface area contributed by atoms with E-state index < -0.39 is 21.5 Å². The van der Waals surface area contributed by atoms with Crippen LogP contribution in [0.5, 0.6) is 0 Å². The second-order valence-electron chi connectivity index (χ2n) is 5.68. The number of fused-ring (bicyclic) bond motifs is 1. The molecule has 1 amide bonds. The molecule has 0 radical (unpaired) electrons. The molecule has 2 N–H and O–H groups in total. The Balaban J connectivity index is 1.79. The Morgan fingerprint density at radius 2 is 1.92 bits per heavy atom. The number of aromatic amines is 1. The average molecular weight is 343 g/mol. The summed E-state index contributed by atoms with van der Waals surface area (Å²) < 4.78 is 24.8. The number of imidazole rings is 1. The van der Waals surface area contributed by atoms with Crippen molar-refractivity contribution in [2.45, 2.75) is 19.0 Å². The number of H-pyrrole nitrogens is 1. The van der Waals surface area contributed by atoms with Crippen LogP contribution >= 0.6 is 0 Å². The zero-order chi connectivity index (χ0) is 17.3. The predicted molar refractivity (Wildman–Crippen MR) is 92.7 cm³/mol. The molecular formula is C17H17N3O3S. The third-order valence-corrected chi connectivity index (χ3v) is 5.06. The van der Waals surface area contributed by atoms with Gasteiger partial charge in [-0.25, -0.2) is 13.4 Å². The van der Waals surface area contributed by atoms with Gasteiger partial charge in [0, 0.05) is 5.69 Å². The van der Waals surface area contributed by atoms with Gasteiger partial charge in [-0.3, -0.25) is 4.79 Å². The monoisotopic (exact) mass is 343 g/mol. The molecular weight excluding hydrogens is 326 g/mol. The number of carbonyl (C=O) groups excluding carboxylic acids is 1. The summed E-state index contributed by atoms with van der Waals surface area (Å²) in [7, 11) is -3.84. The van der Waals surface area contributed by atoms with Gasteiger partial charge in [-0.15, -0.1) is 0 Å². The number of aryl methyl sites for hydroxylation is 2. The number of benzene rings is 2. The van der Waals surface area contributed by atoms with E-state index in [0.717, 1.165) is 11.1 Å². The maximum absolute atomic E-state index is 12.4. The summed E-state index contributed by atoms with van der Waals surface area (Å²) in [5.41, 5.74) is 3.71. The van der Waals surface area contributed by atoms with Crippen LogP contribution in [0.15, 0.2) is 47.6 Å². The van der Waals surface area contributed by atoms with Crippen molar-refractivity contribution in [3.05, 3.63) is 53.6 Å². The lowest BCUT2D eigenvalue weighted by Gasteiger charge is -2.09. The number of aromatic nitrogens is 2. The Bertz CT molecular complexity index is 989. The summed E-state index contributed by atoms with van der Waals surface area (Å²) in [6.07, 6.45) is 0. The molecule has 0 aliphatic carbocycles. The van der Waals surface area contributed by atoms with Gasteiger partial charge in [0.1, 0.15) is 5.75 Å². The highest BCUT2D eigenvalue weighted by Crippen LogP contribution is 2.18. The molecule has 0 unspecified atom stereocenters. The number of sulfone groups is 1. The van der Waals surface area contributed by atoms with Crippen molar-refractivity contribution in [1.29, 1.82) is 0 Å². The van der Waals surface area contributed by atoms with E-state index in [-0.39, 0.29) is 5.16 Å². The zero-order valence-corrected chi connectivity index (χ0v) is 14.1. The highest BCUT2D eigenvalue weighted by atomic mass is 32.2. The van der Waals surface area contributed by atoms with Crippen LogP contribution in [0.2, 0.25) is 0 Å². The van der Waals surface area contributed by atoms with E-state index in [1.165, 1.54) is 0 Å². The second kappa shape index (κ2) is 6.09. The van der Waals surface area contributed by atoms with Crippen molar-refractivity contribution < 1.29 is 13.2 Å². The number of nitrogens with one attached hydrogen (secondary N) is 2. The molecule has 0 atom stereocenters. The molecule has 1 aromatic heterocycles. The second-order valence-corrected chi connectivity index (χ2v) is 7.59. The summed E-state index contributed by atoms with van der Waals surface area (Å²) in [6.45, 7) is 3.81. The number of rotatable bonds is 4. The first-order valence-electron chi connectivity index (χ1n) is 7.40. The Morgan fingerprint density at radius 3 is 2.62 bits per heavy atom. The molecule has 0 aliphatic heterocycles. The number of para-hydroxylation sites is 2. The SMILES string of the molecule is Cc1ccc(NC(=O)CS(=O)(=O)c2nc3ccccc3[nH]2)c(C)c1. The van der Waals surface area contributed by atoms with Crippen LogP contribution in [0.1, 0.15) is 11.1 Å². The standard InChI is InChI=1S/C17H17N3O3S/c1-11-7-8-13(12(2)9-11)18-16(21)10-24(22,23)17-19-14-5-3-4-6-15(14)20-17/h3-9H,10H2,1-2H3,(H,18,21)(H,19,20). The van der Waals surface area contributed by atoms with E-state index >= 15 is 0 Å². The quantitative estimate of drug-likeness (QED) is 0.761. The van der Waals surface area contributed by atoms with Gasteiger partial charge in [-0.05, 0) is 37.6 Å². The zero-order valence-electron chi connectivity index (χ0n) is 13.3. The molecule has 24 heavy (non-hydrogen) atoms. The molecule has 6 nitrogen and oxygen atoms in total. The molecule has 0 aliphatic rings. The number of nitrogens with zero attached hydrogens (tertiary/aromatic N) is 1. The largest absolute Gasteiger partial charge is 0.329 e. The molecule has 0 fully saturated rings. The summed E-state index contributed by atoms with van der Waals surface area (Å²) >= 11 is 0. The first-order chi connectivity index (χ1) is 11.3. The number of hydrogen-bond acceptors (Lipinski definition) is 4. The maximum Gasteiger partial charge on any atom is 0.240 e. The van der Waals surface area contributed by atoms with Crippen molar-refractivity contribution in [2.24, 2.45) is 0 Å². The number of amides is 1. The summed E-state index contributed by atoms with van der Waals surface area (Å²) in [5.74, 6) is -1.26. The highest BCUT2D eigenvalue weighted by molar-refractivity contribution is 7.92. The van der Waals surface area contributed by atoms with E-state index in [9.17, 15) is 13.2 Å². The van der Waals surface area contributed by atoms with Crippen molar-refractivity contribution in [2.75, 3.05) is 11.1 Å². The Kier molecular flexibility index (Phi) is 4.11. The minimum absolute atomic E-state index is 0.195. The van der Waals surface area contributed by atoms with E-state index in [1.807, 2.05) is 26.0 Å². The fourth-order valence-electron chi connectivity index (χ4n) is 2.46. The van der Waals surface area contributed by atoms with Crippen LogP contribution in [0.4, 0.5) is 5.69 Å². The van der Waals surface area contributed by atoms with Crippen LogP contribution in [0, 0.1) is 13.8 Å². The van der Waals surface area contributed by atoms with Crippen molar-refractivity contribution in [3.8, 4) is 0 Å². The highest BCUT2D eigenvalue weighted by Gasteiger charge is 2.23. The average Bonchev–Trinajstić information content (AvgIpc) is 2.94. The summed E-state index contributed by atoms with van der Waals surface area (Å²) in [4.78, 5) is 18.9. The minimum Gasteiger partial charge on any atom is -0.329 e. The summed E-state index contributed by atoms with van der Waals surface area (Å²) in [6, 6.07) is 12.5. The molecule has 2 aromatic carbocycles. The van der Waals surface area contributed by atoms with Gasteiger partial charge in [-0.1, -0.05) is 29.8 Å². The first kappa shape index (κ1) is 16.2. The third-order valence-electron chi connectivity index (χ3n) is 3.64. The van der Waals surface area contributed by atoms with Gasteiger partial charge in [0.25, 0.3) is 0 Å². The smallest absolute Gasteiger partial charge is 0.240 e. The van der Waals surface area contributed by atoms with E-state index in [1.54, 1.807) is 30.3 Å². The molecule has 3 rings (SSSR count). The normalized spacial score (nSPS) is 11.6. The van der Waals surface area contributed by atoms with Gasteiger partial charge in [0.05, 0.1) is 11.0 Å². The minimum atomic E-state index is -3.84. The van der Waals surface area contributed by atoms with Gasteiger partial charge < -0.3 is 10.3 Å². The van der Waals surface area contributed by atoms with Crippen molar-refractivity contribution >= 4 is 32.5 Å². The van der Waals surface area contributed by atoms with Crippen LogP contribution < -0.4 is 5.32 Å². The predicted octanol–water partition coefficient (Wildman–Crippen LogP) is 2.59. The van der Waals surface area contributed by atoms with Gasteiger partial charge in [-0.2, -0.15) is 0 Å². The van der Waals surface area contributed by atoms with Gasteiger partial charge in [0.2, 0.25) is 20.9 Å². The van der Waals surface area contributed by atoms with Crippen molar-refractivity contribution in [1.82, 2.24) is 9.97 Å². The molecule has 0 bridgehead atoms. The Labute approximate surface area is 139 Å². The lowest BCUT2D eigenvalue weighted by Crippen LogP contribution is -2.24. The lowest BCUT2D eigenvalue weighted by molar-refractivity contribution is -0.113. The molecule has 0 spiro atoms. The molecule has 0 saturated heterocycles. The van der Waals surface area contributed by atoms with Crippen molar-refractivity contribution in [3.63, 3.8) is 0 Å². The lowest BCUT2D eigenvalue weighted by atomic mass is 10.1. The third kappa shape index (κ3) is 3.30. The summed E-state index contributed by atoms with van der Waals surface area (Å²) in [5, 5.41) is 2.44. The number of carbonyl (C=O) groups is 1. The van der Waals surface area contributed by atoms with E-state index in [2.05, 4.69) is 15.3 Å². The molecule has 3 aromatic rings. The van der Waals surface area contributed by atoms with Crippen LogP contribution in [0.3, 0.4) is 0 Å². The van der Waals surface area contributed by atoms with Crippen LogP contribution in [-0.4, -0.2) is 30.0 Å². The fraction of sp³-hybridized carbons (Fsp3) is 0.176. The number of anilines is 1. The maximum atomic E-state index is 12.4. The fourth-order valence-corrected chi connectivity index (χ4v) is 3.51. The van der Waals surface area contributed by atoms with Gasteiger partial charge in [0.15, 0.2) is 0 Å². The van der Waals surface area contributed by atoms with E-state index in [4.69, 9.17) is 0 Å². The molecule has 0 saturated carbocycles. The van der Waals surface area contributed by atoms with Crippen LogP contribution in [0.25, 0.3) is 11.0 Å². The Hall–Kier alpha value is -2.67. The Morgan fingerprint density at radius 1 is 1.17 bits per heavy atom. The first-order valence-corrected chi connectivity index (χ1v) is 9.05. The molecule has 1 heterocycles. The molecule has 7 heteroatoms. The number of hydrogen-bond donors (Lipinski definition) is 2. The topological polar surface area (TPSA) is 91.9 Å². The van der Waals surface area contributed by atoms with Crippen LogP contribution in [-0.2, 0) is 14.6 Å². The van der Waals surface area contributed by atoms with Gasteiger partial charge >= 0.3 is 0 Å².